The van der Waals surface area contributed by atoms with Crippen LogP contribution in [-0.2, 0) is 0 Å². The average Bonchev–Trinajstić information content (AvgIpc) is 1.66. The highest BCUT2D eigenvalue weighted by Crippen LogP contribution is 1.68. The third-order valence-corrected chi connectivity index (χ3v) is 0.363. The number of hydrogen-bond donors (Lipinski definition) is 1. The molecule has 0 radical (unpaired) electrons. The molecule has 0 aromatic heterocycles. The molecule has 0 fully saturated rings. The van der Waals surface area contributed by atoms with Gasteiger partial charge in [0.1, 0.15) is 0 Å². The van der Waals surface area contributed by atoms with Crippen LogP contribution in [0, 0.1) is 22.1 Å². The van der Waals surface area contributed by atoms with Crippen molar-refractivity contribution in [2.24, 2.45) is 5.73 Å². The summed E-state index contributed by atoms with van der Waals surface area (Å²) in [5, 5.41) is 9.48. The third-order valence-electron chi connectivity index (χ3n) is 0.363. The van der Waals surface area contributed by atoms with E-state index < -0.39 is 4.92 Å². The summed E-state index contributed by atoms with van der Waals surface area (Å²) in [6, 6.07) is 1.98. The molecule has 0 saturated heterocycles. The molecule has 0 spiro atoms. The first-order chi connectivity index (χ1) is 3.77. The number of nitro groups is 1. The molecule has 0 aliphatic heterocycles. The van der Waals surface area contributed by atoms with Gasteiger partial charge in [0.15, 0.2) is 0 Å². The van der Waals surface area contributed by atoms with Crippen LogP contribution in [0.1, 0.15) is 0 Å². The van der Waals surface area contributed by atoms with Crippen LogP contribution >= 0.6 is 0 Å². The normalized spacial score (nSPS) is 8.00. The molecule has 0 amide bonds. The van der Waals surface area contributed by atoms with Crippen molar-refractivity contribution in [2.75, 3.05) is 0 Å². The van der Waals surface area contributed by atoms with Crippen molar-refractivity contribution in [3.8, 4) is 12.0 Å². The highest BCUT2D eigenvalue weighted by atomic mass is 16.6. The Balaban J connectivity index is 3.61. The quantitative estimate of drug-likeness (QED) is 0.219. The first-order valence-electron chi connectivity index (χ1n) is 1.78. The van der Waals surface area contributed by atoms with Crippen molar-refractivity contribution >= 4 is 0 Å². The number of hydrogen-bond acceptors (Lipinski definition) is 3. The standard InChI is InChI=1S/C4H4N2O2/c5-3-1-2-4-6(7)8/h2,4H,5H2. The van der Waals surface area contributed by atoms with Gasteiger partial charge in [-0.1, -0.05) is 0 Å². The van der Waals surface area contributed by atoms with E-state index in [4.69, 9.17) is 0 Å². The van der Waals surface area contributed by atoms with Gasteiger partial charge in [0, 0.05) is 6.04 Å². The molecule has 0 bridgehead atoms. The molecular formula is C4H4N2O2. The molecule has 42 valence electrons. The molecule has 0 aliphatic rings. The summed E-state index contributed by atoms with van der Waals surface area (Å²) >= 11 is 0. The minimum absolute atomic E-state index is 0.607. The van der Waals surface area contributed by atoms with Gasteiger partial charge in [-0.3, -0.25) is 10.1 Å². The molecule has 0 unspecified atom stereocenters. The molecular weight excluding hydrogens is 108 g/mol. The van der Waals surface area contributed by atoms with Gasteiger partial charge in [-0.25, -0.2) is 0 Å². The largest absolute Gasteiger partial charge is 0.359 e. The Bertz CT molecular complexity index is 163. The topological polar surface area (TPSA) is 69.2 Å². The monoisotopic (exact) mass is 112 g/mol. The van der Waals surface area contributed by atoms with E-state index in [0.29, 0.717) is 0 Å². The van der Waals surface area contributed by atoms with Crippen LogP contribution in [-0.4, -0.2) is 4.92 Å². The van der Waals surface area contributed by atoms with E-state index in [1.54, 1.807) is 0 Å². The molecule has 4 nitrogen and oxygen atoms in total. The van der Waals surface area contributed by atoms with E-state index in [0.717, 1.165) is 12.3 Å². The second-order valence-corrected chi connectivity index (χ2v) is 0.890. The molecule has 0 aromatic rings. The van der Waals surface area contributed by atoms with Gasteiger partial charge in [0.2, 0.25) is 6.20 Å². The number of rotatable bonds is 1. The van der Waals surface area contributed by atoms with E-state index in [1.165, 1.54) is 0 Å². The molecule has 2 N–H and O–H groups in total. The van der Waals surface area contributed by atoms with Gasteiger partial charge in [-0.05, 0) is 5.92 Å². The lowest BCUT2D eigenvalue weighted by Gasteiger charge is -1.69. The lowest BCUT2D eigenvalue weighted by atomic mass is 10.6. The lowest BCUT2D eigenvalue weighted by Crippen LogP contribution is -1.81. The zero-order valence-corrected chi connectivity index (χ0v) is 4.00. The molecule has 0 heterocycles. The van der Waals surface area contributed by atoms with Crippen LogP contribution in [0.2, 0.25) is 0 Å². The van der Waals surface area contributed by atoms with Gasteiger partial charge >= 0.3 is 0 Å². The molecule has 0 aliphatic carbocycles. The number of nitrogens with two attached hydrogens (primary N) is 1. The van der Waals surface area contributed by atoms with E-state index >= 15 is 0 Å². The SMILES string of the molecule is NC#CC=C[N+](=O)[O-]. The van der Waals surface area contributed by atoms with Gasteiger partial charge in [0.05, 0.1) is 11.0 Å². The van der Waals surface area contributed by atoms with Crippen molar-refractivity contribution in [3.63, 3.8) is 0 Å². The minimum atomic E-state index is -0.607. The Morgan fingerprint density at radius 2 is 2.38 bits per heavy atom. The van der Waals surface area contributed by atoms with Gasteiger partial charge in [-0.15, -0.1) is 0 Å². The summed E-state index contributed by atoms with van der Waals surface area (Å²) in [4.78, 5) is 8.88. The van der Waals surface area contributed by atoms with Crippen LogP contribution in [0.5, 0.6) is 0 Å². The van der Waals surface area contributed by atoms with E-state index in [-0.39, 0.29) is 0 Å². The van der Waals surface area contributed by atoms with Gasteiger partial charge < -0.3 is 5.73 Å². The van der Waals surface area contributed by atoms with E-state index in [1.807, 2.05) is 6.04 Å². The zero-order chi connectivity index (χ0) is 6.41. The summed E-state index contributed by atoms with van der Waals surface area (Å²) in [6.45, 7) is 0. The Morgan fingerprint density at radius 3 is 2.75 bits per heavy atom. The Labute approximate surface area is 46.1 Å². The number of nitrogens with zero attached hydrogens (tertiary/aromatic N) is 1. The maximum absolute atomic E-state index is 9.48. The van der Waals surface area contributed by atoms with Crippen molar-refractivity contribution in [3.05, 3.63) is 22.4 Å². The summed E-state index contributed by atoms with van der Waals surface area (Å²) in [5.74, 6) is 2.19. The maximum Gasteiger partial charge on any atom is 0.242 e. The minimum Gasteiger partial charge on any atom is -0.359 e. The summed E-state index contributed by atoms with van der Waals surface area (Å²) in [6.07, 6.45) is 1.79. The second kappa shape index (κ2) is 3.68. The first-order valence-corrected chi connectivity index (χ1v) is 1.78. The predicted molar refractivity (Wildman–Crippen MR) is 28.1 cm³/mol. The molecule has 0 atom stereocenters. The Morgan fingerprint density at radius 1 is 1.75 bits per heavy atom. The fourth-order valence-electron chi connectivity index (χ4n) is 0.146. The van der Waals surface area contributed by atoms with Crippen molar-refractivity contribution in [2.45, 2.75) is 0 Å². The lowest BCUT2D eigenvalue weighted by molar-refractivity contribution is -0.402. The van der Waals surface area contributed by atoms with Crippen molar-refractivity contribution in [1.82, 2.24) is 0 Å². The average molecular weight is 112 g/mol. The molecule has 0 rings (SSSR count). The van der Waals surface area contributed by atoms with Crippen molar-refractivity contribution < 1.29 is 4.92 Å². The predicted octanol–water partition coefficient (Wildman–Crippen LogP) is -0.304. The fourth-order valence-corrected chi connectivity index (χ4v) is 0.146. The summed E-state index contributed by atoms with van der Waals surface area (Å²) in [7, 11) is 0. The van der Waals surface area contributed by atoms with Gasteiger partial charge in [-0.2, -0.15) is 0 Å². The molecule has 8 heavy (non-hydrogen) atoms. The maximum atomic E-state index is 9.48. The van der Waals surface area contributed by atoms with Crippen LogP contribution in [0.4, 0.5) is 0 Å². The fraction of sp³-hybridized carbons (Fsp3) is 0. The number of allylic oxidation sites excluding steroid dienone is 1. The van der Waals surface area contributed by atoms with E-state index in [9.17, 15) is 10.1 Å². The van der Waals surface area contributed by atoms with Gasteiger partial charge in [0.25, 0.3) is 0 Å². The zero-order valence-electron chi connectivity index (χ0n) is 4.00. The molecule has 0 saturated carbocycles. The summed E-state index contributed by atoms with van der Waals surface area (Å²) in [5.41, 5.74) is 4.68. The Kier molecular flexibility index (Phi) is 2.99. The summed E-state index contributed by atoms with van der Waals surface area (Å²) < 4.78 is 0. The van der Waals surface area contributed by atoms with Crippen molar-refractivity contribution in [1.29, 1.82) is 0 Å². The highest BCUT2D eigenvalue weighted by molar-refractivity contribution is 5.10. The van der Waals surface area contributed by atoms with Crippen LogP contribution < -0.4 is 5.73 Å². The first kappa shape index (κ1) is 6.50. The van der Waals surface area contributed by atoms with Crippen LogP contribution in [0.15, 0.2) is 12.3 Å². The third kappa shape index (κ3) is 4.50. The van der Waals surface area contributed by atoms with E-state index in [2.05, 4.69) is 11.7 Å². The second-order valence-electron chi connectivity index (χ2n) is 0.890. The van der Waals surface area contributed by atoms with Crippen LogP contribution in [0.3, 0.4) is 0 Å². The van der Waals surface area contributed by atoms with Crippen LogP contribution in [0.25, 0.3) is 0 Å². The highest BCUT2D eigenvalue weighted by Gasteiger charge is 1.76. The Hall–Kier alpha value is -1.50. The molecule has 0 aromatic carbocycles. The molecule has 4 heteroatoms. The smallest absolute Gasteiger partial charge is 0.242 e.